The van der Waals surface area contributed by atoms with Crippen molar-refractivity contribution in [3.8, 4) is 5.75 Å². The highest BCUT2D eigenvalue weighted by Crippen LogP contribution is 2.53. The molecule has 0 unspecified atom stereocenters. The van der Waals surface area contributed by atoms with Crippen molar-refractivity contribution < 1.29 is 19.1 Å². The summed E-state index contributed by atoms with van der Waals surface area (Å²) in [6.45, 7) is 2.98. The summed E-state index contributed by atoms with van der Waals surface area (Å²) in [5.41, 5.74) is 2.55. The van der Waals surface area contributed by atoms with Gasteiger partial charge in [-0.05, 0) is 42.7 Å². The largest absolute Gasteiger partial charge is 0.497 e. The van der Waals surface area contributed by atoms with E-state index >= 15 is 0 Å². The molecule has 3 aliphatic heterocycles. The zero-order valence-electron chi connectivity index (χ0n) is 19.9. The Labute approximate surface area is 204 Å². The van der Waals surface area contributed by atoms with Crippen molar-refractivity contribution >= 4 is 22.7 Å². The lowest BCUT2D eigenvalue weighted by Crippen LogP contribution is -2.44. The number of methoxy groups -OCH3 is 1. The Kier molecular flexibility index (Phi) is 5.18. The Morgan fingerprint density at radius 1 is 1.26 bits per heavy atom. The predicted molar refractivity (Wildman–Crippen MR) is 132 cm³/mol. The molecular formula is C28H29N3O4. The van der Waals surface area contributed by atoms with Crippen LogP contribution in [0.25, 0.3) is 10.9 Å². The van der Waals surface area contributed by atoms with E-state index in [-0.39, 0.29) is 24.0 Å². The van der Waals surface area contributed by atoms with Gasteiger partial charge in [-0.25, -0.2) is 0 Å². The smallest absolute Gasteiger partial charge is 0.230 e. The molecule has 7 nitrogen and oxygen atoms in total. The lowest BCUT2D eigenvalue weighted by molar-refractivity contribution is -0.138. The number of fused-ring (bicyclic) bond motifs is 2. The van der Waals surface area contributed by atoms with Crippen LogP contribution < -0.4 is 10.1 Å². The minimum absolute atomic E-state index is 0.0167. The molecule has 1 spiro atoms. The van der Waals surface area contributed by atoms with Crippen molar-refractivity contribution in [3.05, 3.63) is 78.0 Å². The average molecular weight is 472 g/mol. The van der Waals surface area contributed by atoms with E-state index in [1.807, 2.05) is 72.6 Å². The summed E-state index contributed by atoms with van der Waals surface area (Å²) in [6.07, 6.45) is 6.31. The molecule has 3 aliphatic rings. The van der Waals surface area contributed by atoms with Gasteiger partial charge in [0.15, 0.2) is 0 Å². The maximum atomic E-state index is 13.6. The van der Waals surface area contributed by atoms with Gasteiger partial charge >= 0.3 is 0 Å². The second-order valence-electron chi connectivity index (χ2n) is 9.72. The van der Waals surface area contributed by atoms with E-state index in [1.54, 1.807) is 7.11 Å². The standard InChI is InChI=1S/C28H29N3O4/c1-17(18-7-9-20(34-2)10-8-18)31-16-28-13-11-23(35-28)24(25(28)27(31)33)26(32)29-14-12-19-15-30-22-6-4-3-5-21(19)22/h3-11,13,15,17,23-25,30H,12,14,16H2,1-2H3,(H,29,32)/t17-,23+,24+,25-,28+/m1/s1. The second-order valence-corrected chi connectivity index (χ2v) is 9.72. The van der Waals surface area contributed by atoms with Crippen molar-refractivity contribution in [2.45, 2.75) is 31.1 Å². The van der Waals surface area contributed by atoms with Crippen molar-refractivity contribution in [3.63, 3.8) is 0 Å². The molecule has 0 saturated carbocycles. The van der Waals surface area contributed by atoms with E-state index in [4.69, 9.17) is 9.47 Å². The quantitative estimate of drug-likeness (QED) is 0.518. The van der Waals surface area contributed by atoms with Crippen molar-refractivity contribution in [1.82, 2.24) is 15.2 Å². The lowest BCUT2D eigenvalue weighted by Gasteiger charge is -2.28. The molecule has 2 saturated heterocycles. The molecular weight excluding hydrogens is 442 g/mol. The maximum absolute atomic E-state index is 13.6. The summed E-state index contributed by atoms with van der Waals surface area (Å²) in [6, 6.07) is 15.8. The number of aromatic nitrogens is 1. The molecule has 5 atom stereocenters. The molecule has 2 fully saturated rings. The SMILES string of the molecule is COc1ccc([C@@H](C)N2C[C@]34C=C[C@H](O3)[C@H](C(=O)NCCc3c[nH]c5ccccc35)[C@@H]4C2=O)cc1. The molecule has 2 amide bonds. The average Bonchev–Trinajstić information content (AvgIpc) is 3.63. The van der Waals surface area contributed by atoms with Crippen LogP contribution in [0.2, 0.25) is 0 Å². The molecule has 2 bridgehead atoms. The number of ether oxygens (including phenoxy) is 2. The summed E-state index contributed by atoms with van der Waals surface area (Å²) in [4.78, 5) is 32.1. The molecule has 4 heterocycles. The van der Waals surface area contributed by atoms with Gasteiger partial charge in [0.25, 0.3) is 0 Å². The zero-order valence-corrected chi connectivity index (χ0v) is 19.9. The lowest BCUT2D eigenvalue weighted by atomic mass is 9.77. The highest BCUT2D eigenvalue weighted by atomic mass is 16.5. The summed E-state index contributed by atoms with van der Waals surface area (Å²) in [5, 5.41) is 4.25. The number of H-pyrrole nitrogens is 1. The van der Waals surface area contributed by atoms with Crippen molar-refractivity contribution in [1.29, 1.82) is 0 Å². The number of aromatic amines is 1. The number of carbonyl (C=O) groups is 2. The van der Waals surface area contributed by atoms with Crippen LogP contribution in [0.3, 0.4) is 0 Å². The molecule has 3 aromatic rings. The number of hydrogen-bond acceptors (Lipinski definition) is 4. The molecule has 0 radical (unpaired) electrons. The zero-order chi connectivity index (χ0) is 24.2. The first kappa shape index (κ1) is 21.9. The van der Waals surface area contributed by atoms with Crippen LogP contribution >= 0.6 is 0 Å². The van der Waals surface area contributed by atoms with Crippen LogP contribution in [0.1, 0.15) is 24.1 Å². The Balaban J connectivity index is 1.16. The van der Waals surface area contributed by atoms with Crippen molar-refractivity contribution in [2.24, 2.45) is 11.8 Å². The van der Waals surface area contributed by atoms with Crippen LogP contribution in [-0.2, 0) is 20.7 Å². The van der Waals surface area contributed by atoms with Crippen LogP contribution in [0.15, 0.2) is 66.9 Å². The number of nitrogens with zero attached hydrogens (tertiary/aromatic N) is 1. The van der Waals surface area contributed by atoms with Gasteiger partial charge in [0.1, 0.15) is 11.4 Å². The Bertz CT molecular complexity index is 1310. The maximum Gasteiger partial charge on any atom is 0.230 e. The van der Waals surface area contributed by atoms with E-state index < -0.39 is 17.4 Å². The highest BCUT2D eigenvalue weighted by Gasteiger charge is 2.67. The summed E-state index contributed by atoms with van der Waals surface area (Å²) < 4.78 is 11.5. The molecule has 180 valence electrons. The molecule has 7 heteroatoms. The number of para-hydroxylation sites is 1. The highest BCUT2D eigenvalue weighted by molar-refractivity contribution is 5.93. The number of rotatable bonds is 7. The third-order valence-electron chi connectivity index (χ3n) is 7.87. The minimum atomic E-state index is -0.721. The molecule has 2 aromatic carbocycles. The Morgan fingerprint density at radius 3 is 2.86 bits per heavy atom. The van der Waals surface area contributed by atoms with Gasteiger partial charge in [-0.1, -0.05) is 42.5 Å². The van der Waals surface area contributed by atoms with Gasteiger partial charge in [0.05, 0.1) is 37.6 Å². The number of amides is 2. The minimum Gasteiger partial charge on any atom is -0.497 e. The van der Waals surface area contributed by atoms with Gasteiger partial charge < -0.3 is 24.7 Å². The molecule has 0 aliphatic carbocycles. The van der Waals surface area contributed by atoms with Crippen LogP contribution in [-0.4, -0.2) is 53.6 Å². The van der Waals surface area contributed by atoms with Crippen LogP contribution in [0, 0.1) is 11.8 Å². The van der Waals surface area contributed by atoms with E-state index in [0.29, 0.717) is 19.5 Å². The predicted octanol–water partition coefficient (Wildman–Crippen LogP) is 3.38. The normalized spacial score (nSPS) is 27.4. The first-order chi connectivity index (χ1) is 17.0. The van der Waals surface area contributed by atoms with E-state index in [0.717, 1.165) is 22.4 Å². The topological polar surface area (TPSA) is 83.7 Å². The first-order valence-corrected chi connectivity index (χ1v) is 12.1. The fourth-order valence-electron chi connectivity index (χ4n) is 5.99. The van der Waals surface area contributed by atoms with Gasteiger partial charge in [0.2, 0.25) is 11.8 Å². The number of hydrogen-bond donors (Lipinski definition) is 2. The second kappa shape index (κ2) is 8.27. The molecule has 1 aromatic heterocycles. The van der Waals surface area contributed by atoms with Crippen molar-refractivity contribution in [2.75, 3.05) is 20.2 Å². The third-order valence-corrected chi connectivity index (χ3v) is 7.87. The first-order valence-electron chi connectivity index (χ1n) is 12.1. The molecule has 6 rings (SSSR count). The van der Waals surface area contributed by atoms with Crippen LogP contribution in [0.5, 0.6) is 5.75 Å². The van der Waals surface area contributed by atoms with Gasteiger partial charge in [-0.2, -0.15) is 0 Å². The van der Waals surface area contributed by atoms with E-state index in [2.05, 4.69) is 16.4 Å². The monoisotopic (exact) mass is 471 g/mol. The van der Waals surface area contributed by atoms with Gasteiger partial charge in [-0.15, -0.1) is 0 Å². The number of nitrogens with one attached hydrogen (secondary N) is 2. The van der Waals surface area contributed by atoms with Crippen LogP contribution in [0.4, 0.5) is 0 Å². The molecule has 35 heavy (non-hydrogen) atoms. The summed E-state index contributed by atoms with van der Waals surface area (Å²) in [7, 11) is 1.63. The summed E-state index contributed by atoms with van der Waals surface area (Å²) in [5.74, 6) is -0.358. The van der Waals surface area contributed by atoms with Gasteiger partial charge in [0, 0.05) is 23.6 Å². The molecule has 2 N–H and O–H groups in total. The summed E-state index contributed by atoms with van der Waals surface area (Å²) >= 11 is 0. The third kappa shape index (κ3) is 3.45. The Morgan fingerprint density at radius 2 is 2.06 bits per heavy atom. The fourth-order valence-corrected chi connectivity index (χ4v) is 5.99. The fraction of sp³-hybridized carbons (Fsp3) is 0.357. The Hall–Kier alpha value is -3.58. The number of carbonyl (C=O) groups excluding carboxylic acids is 2. The van der Waals surface area contributed by atoms with E-state index in [9.17, 15) is 9.59 Å². The van der Waals surface area contributed by atoms with E-state index in [1.165, 1.54) is 5.39 Å². The number of likely N-dealkylation sites (tertiary alicyclic amines) is 1. The number of benzene rings is 2. The van der Waals surface area contributed by atoms with Gasteiger partial charge in [-0.3, -0.25) is 9.59 Å².